The second-order valence-corrected chi connectivity index (χ2v) is 8.84. The molecule has 3 atom stereocenters. The Morgan fingerprint density at radius 2 is 1.37 bits per heavy atom. The summed E-state index contributed by atoms with van der Waals surface area (Å²) >= 11 is 0. The molecule has 6 aliphatic carbocycles. The zero-order valence-electron chi connectivity index (χ0n) is 11.9. The number of hydrogen-bond acceptors (Lipinski definition) is 1. The Bertz CT molecular complexity index is 388. The zero-order valence-corrected chi connectivity index (χ0v) is 11.9. The molecule has 6 aliphatic rings. The Morgan fingerprint density at radius 3 is 1.84 bits per heavy atom. The number of fused-ring (bicyclic) bond motifs is 2. The summed E-state index contributed by atoms with van der Waals surface area (Å²) in [7, 11) is 0. The van der Waals surface area contributed by atoms with Gasteiger partial charge in [0.05, 0.1) is 0 Å². The van der Waals surface area contributed by atoms with Gasteiger partial charge in [0, 0.05) is 11.3 Å². The fraction of sp³-hybridized carbons (Fsp3) is 0.944. The van der Waals surface area contributed by atoms with Gasteiger partial charge in [-0.3, -0.25) is 4.79 Å². The third kappa shape index (κ3) is 1.51. The van der Waals surface area contributed by atoms with Crippen LogP contribution in [0, 0.1) is 40.9 Å². The Balaban J connectivity index is 1.44. The van der Waals surface area contributed by atoms with Gasteiger partial charge < -0.3 is 0 Å². The van der Waals surface area contributed by atoms with E-state index in [0.29, 0.717) is 5.92 Å². The fourth-order valence-electron chi connectivity index (χ4n) is 7.37. The number of Topliss-reactive ketones (excluding diaryl/α,β-unsaturated/α-hetero) is 1. The summed E-state index contributed by atoms with van der Waals surface area (Å²) < 4.78 is 0. The summed E-state index contributed by atoms with van der Waals surface area (Å²) in [6.45, 7) is 0. The molecule has 6 rings (SSSR count). The highest BCUT2D eigenvalue weighted by molar-refractivity contribution is 5.88. The summed E-state index contributed by atoms with van der Waals surface area (Å²) in [6, 6.07) is 0. The number of ketones is 1. The Labute approximate surface area is 116 Å². The van der Waals surface area contributed by atoms with Crippen LogP contribution >= 0.6 is 0 Å². The van der Waals surface area contributed by atoms with Crippen molar-refractivity contribution in [3.8, 4) is 0 Å². The number of carbonyl (C=O) groups is 1. The van der Waals surface area contributed by atoms with Crippen LogP contribution in [-0.4, -0.2) is 5.78 Å². The number of hydrogen-bond donors (Lipinski definition) is 0. The van der Waals surface area contributed by atoms with Crippen molar-refractivity contribution in [3.63, 3.8) is 0 Å². The van der Waals surface area contributed by atoms with Crippen LogP contribution in [0.4, 0.5) is 0 Å². The van der Waals surface area contributed by atoms with Gasteiger partial charge in [-0.15, -0.1) is 0 Å². The first-order valence-corrected chi connectivity index (χ1v) is 8.76. The number of rotatable bonds is 2. The van der Waals surface area contributed by atoms with Crippen molar-refractivity contribution in [2.45, 2.75) is 64.2 Å². The van der Waals surface area contributed by atoms with Crippen molar-refractivity contribution in [2.75, 3.05) is 0 Å². The Morgan fingerprint density at radius 1 is 0.737 bits per heavy atom. The van der Waals surface area contributed by atoms with E-state index in [9.17, 15) is 4.79 Å². The molecule has 0 amide bonds. The first-order valence-electron chi connectivity index (χ1n) is 8.76. The topological polar surface area (TPSA) is 17.1 Å². The summed E-state index contributed by atoms with van der Waals surface area (Å²) in [6.07, 6.45) is 13.7. The molecule has 104 valence electrons. The van der Waals surface area contributed by atoms with Gasteiger partial charge in [0.25, 0.3) is 0 Å². The second kappa shape index (κ2) is 3.65. The number of carbonyl (C=O) groups excluding carboxylic acids is 1. The maximum atomic E-state index is 13.3. The maximum Gasteiger partial charge on any atom is 0.142 e. The van der Waals surface area contributed by atoms with Crippen molar-refractivity contribution < 1.29 is 4.79 Å². The minimum Gasteiger partial charge on any atom is -0.299 e. The van der Waals surface area contributed by atoms with E-state index >= 15 is 0 Å². The summed E-state index contributed by atoms with van der Waals surface area (Å²) in [5.41, 5.74) is 0.184. The SMILES string of the molecule is O=C(C1CC2CCC1C2)C12CC3CC(CC(C3)C1)C2. The summed E-state index contributed by atoms with van der Waals surface area (Å²) in [5, 5.41) is 0. The fourth-order valence-corrected chi connectivity index (χ4v) is 7.37. The molecule has 0 saturated heterocycles. The largest absolute Gasteiger partial charge is 0.299 e. The van der Waals surface area contributed by atoms with Crippen LogP contribution in [-0.2, 0) is 4.79 Å². The van der Waals surface area contributed by atoms with Gasteiger partial charge >= 0.3 is 0 Å². The molecular weight excluding hydrogens is 232 g/mol. The van der Waals surface area contributed by atoms with Crippen LogP contribution in [0.15, 0.2) is 0 Å². The highest BCUT2D eigenvalue weighted by Gasteiger charge is 2.57. The predicted octanol–water partition coefficient (Wildman–Crippen LogP) is 4.21. The highest BCUT2D eigenvalue weighted by Crippen LogP contribution is 2.62. The van der Waals surface area contributed by atoms with Crippen LogP contribution in [0.2, 0.25) is 0 Å². The van der Waals surface area contributed by atoms with Crippen molar-refractivity contribution in [1.82, 2.24) is 0 Å². The van der Waals surface area contributed by atoms with Crippen molar-refractivity contribution in [3.05, 3.63) is 0 Å². The van der Waals surface area contributed by atoms with Gasteiger partial charge in [0.1, 0.15) is 5.78 Å². The molecule has 6 saturated carbocycles. The summed E-state index contributed by atoms with van der Waals surface area (Å²) in [4.78, 5) is 13.3. The van der Waals surface area contributed by atoms with Gasteiger partial charge in [0.15, 0.2) is 0 Å². The monoisotopic (exact) mass is 258 g/mol. The van der Waals surface area contributed by atoms with Crippen LogP contribution in [0.3, 0.4) is 0 Å². The van der Waals surface area contributed by atoms with E-state index in [1.165, 1.54) is 64.2 Å². The smallest absolute Gasteiger partial charge is 0.142 e. The van der Waals surface area contributed by atoms with Crippen LogP contribution < -0.4 is 0 Å². The van der Waals surface area contributed by atoms with Gasteiger partial charge in [-0.2, -0.15) is 0 Å². The molecule has 1 nitrogen and oxygen atoms in total. The molecular formula is C18H26O. The standard InChI is InChI=1S/C18H26O/c19-17(16-7-11-1-2-15(16)6-11)18-8-12-3-13(9-18)5-14(4-12)10-18/h11-16H,1-10H2. The lowest BCUT2D eigenvalue weighted by molar-refractivity contribution is -0.149. The quantitative estimate of drug-likeness (QED) is 0.725. The van der Waals surface area contributed by atoms with Crippen molar-refractivity contribution in [2.24, 2.45) is 40.9 Å². The molecule has 6 bridgehead atoms. The zero-order chi connectivity index (χ0) is 12.6. The maximum absolute atomic E-state index is 13.3. The normalized spacial score (nSPS) is 57.9. The highest BCUT2D eigenvalue weighted by atomic mass is 16.1. The molecule has 0 aliphatic heterocycles. The van der Waals surface area contributed by atoms with E-state index in [2.05, 4.69) is 0 Å². The van der Waals surface area contributed by atoms with E-state index in [-0.39, 0.29) is 5.41 Å². The first kappa shape index (κ1) is 11.3. The van der Waals surface area contributed by atoms with E-state index in [1.807, 2.05) is 0 Å². The van der Waals surface area contributed by atoms with E-state index < -0.39 is 0 Å². The minimum atomic E-state index is 0.184. The molecule has 0 aromatic carbocycles. The lowest BCUT2D eigenvalue weighted by Crippen LogP contribution is -2.52. The summed E-state index contributed by atoms with van der Waals surface area (Å²) in [5.74, 6) is 5.75. The molecule has 19 heavy (non-hydrogen) atoms. The van der Waals surface area contributed by atoms with Crippen LogP contribution in [0.25, 0.3) is 0 Å². The molecule has 0 spiro atoms. The molecule has 1 heteroatoms. The molecule has 0 N–H and O–H groups in total. The van der Waals surface area contributed by atoms with Gasteiger partial charge in [0.2, 0.25) is 0 Å². The van der Waals surface area contributed by atoms with Gasteiger partial charge in [-0.1, -0.05) is 6.42 Å². The third-order valence-electron chi connectivity index (χ3n) is 7.64. The average Bonchev–Trinajstić information content (AvgIpc) is 2.98. The molecule has 0 heterocycles. The van der Waals surface area contributed by atoms with Crippen molar-refractivity contribution in [1.29, 1.82) is 0 Å². The molecule has 0 radical (unpaired) electrons. The van der Waals surface area contributed by atoms with Gasteiger partial charge in [-0.05, 0) is 87.4 Å². The minimum absolute atomic E-state index is 0.184. The van der Waals surface area contributed by atoms with Crippen LogP contribution in [0.5, 0.6) is 0 Å². The molecule has 0 aromatic heterocycles. The van der Waals surface area contributed by atoms with Crippen molar-refractivity contribution >= 4 is 5.78 Å². The first-order chi connectivity index (χ1) is 9.22. The molecule has 6 fully saturated rings. The van der Waals surface area contributed by atoms with E-state index in [1.54, 1.807) is 0 Å². The third-order valence-corrected chi connectivity index (χ3v) is 7.64. The second-order valence-electron chi connectivity index (χ2n) is 8.84. The lowest BCUT2D eigenvalue weighted by atomic mass is 9.47. The average molecular weight is 258 g/mol. The predicted molar refractivity (Wildman–Crippen MR) is 74.6 cm³/mol. The Kier molecular flexibility index (Phi) is 2.18. The van der Waals surface area contributed by atoms with E-state index in [0.717, 1.165) is 35.4 Å². The van der Waals surface area contributed by atoms with E-state index in [4.69, 9.17) is 0 Å². The molecule has 3 unspecified atom stereocenters. The van der Waals surface area contributed by atoms with Gasteiger partial charge in [-0.25, -0.2) is 0 Å². The Hall–Kier alpha value is -0.330. The van der Waals surface area contributed by atoms with Crippen LogP contribution in [0.1, 0.15) is 64.2 Å². The lowest BCUT2D eigenvalue weighted by Gasteiger charge is -2.56. The molecule has 0 aromatic rings.